The maximum atomic E-state index is 4.93. The van der Waals surface area contributed by atoms with Gasteiger partial charge in [-0.1, -0.05) is 30.3 Å². The summed E-state index contributed by atoms with van der Waals surface area (Å²) < 4.78 is 4.73. The van der Waals surface area contributed by atoms with Crippen LogP contribution >= 0.6 is 17.0 Å². The van der Waals surface area contributed by atoms with Gasteiger partial charge in [0.25, 0.3) is 0 Å². The minimum absolute atomic E-state index is 0.826. The zero-order valence-corrected chi connectivity index (χ0v) is 26.6. The van der Waals surface area contributed by atoms with Crippen molar-refractivity contribution in [2.24, 2.45) is 0 Å². The van der Waals surface area contributed by atoms with Crippen LogP contribution < -0.4 is 0 Å². The van der Waals surface area contributed by atoms with Crippen LogP contribution in [0.3, 0.4) is 0 Å². The summed E-state index contributed by atoms with van der Waals surface area (Å²) in [5, 5.41) is 6.72. The van der Waals surface area contributed by atoms with Gasteiger partial charge in [0.15, 0.2) is 0 Å². The molecule has 0 aliphatic heterocycles. The molecule has 0 saturated heterocycles. The van der Waals surface area contributed by atoms with Gasteiger partial charge in [-0.2, -0.15) is 0 Å². The maximum Gasteiger partial charge on any atom is 0.0516 e. The van der Waals surface area contributed by atoms with E-state index in [4.69, 9.17) is 17.0 Å². The number of nitrogens with zero attached hydrogens (tertiary/aromatic N) is 2. The SMILES string of the molecule is Cc1cc(C)n(-c2cc3ccccc3[cH-]2)c1.[Cl][Zr+2][Cl].c1ccc2[cH-]c(-n3c4c(c5ccccc53)CCC4)cc2c1. The molecule has 0 bridgehead atoms. The molecule has 5 aromatic carbocycles. The summed E-state index contributed by atoms with van der Waals surface area (Å²) in [7, 11) is 9.87. The molecule has 1 aliphatic carbocycles. The van der Waals surface area contributed by atoms with Gasteiger partial charge >= 0.3 is 37.9 Å². The fourth-order valence-corrected chi connectivity index (χ4v) is 6.19. The Morgan fingerprint density at radius 1 is 0.725 bits per heavy atom. The number of hydrogen-bond donors (Lipinski definition) is 0. The molecule has 2 aromatic heterocycles. The van der Waals surface area contributed by atoms with Crippen molar-refractivity contribution < 1.29 is 20.8 Å². The van der Waals surface area contributed by atoms with E-state index in [1.807, 2.05) is 0 Å². The Morgan fingerprint density at radius 2 is 1.32 bits per heavy atom. The van der Waals surface area contributed by atoms with Crippen LogP contribution in [0.1, 0.15) is 28.9 Å². The van der Waals surface area contributed by atoms with Crippen molar-refractivity contribution in [2.75, 3.05) is 0 Å². The number of aryl methyl sites for hydroxylation is 3. The molecule has 0 amide bonds. The molecular formula is C35H30Cl2N2Zr. The van der Waals surface area contributed by atoms with Gasteiger partial charge in [0, 0.05) is 23.0 Å². The van der Waals surface area contributed by atoms with E-state index >= 15 is 0 Å². The van der Waals surface area contributed by atoms with E-state index in [9.17, 15) is 0 Å². The Morgan fingerprint density at radius 3 is 1.98 bits per heavy atom. The minimum atomic E-state index is -0.826. The molecule has 2 nitrogen and oxygen atoms in total. The summed E-state index contributed by atoms with van der Waals surface area (Å²) in [6.07, 6.45) is 5.90. The molecule has 8 rings (SSSR count). The Hall–Kier alpha value is -2.84. The number of halogens is 2. The van der Waals surface area contributed by atoms with Crippen molar-refractivity contribution in [1.29, 1.82) is 0 Å². The van der Waals surface area contributed by atoms with E-state index in [0.29, 0.717) is 0 Å². The second kappa shape index (κ2) is 12.0. The molecule has 0 atom stereocenters. The predicted octanol–water partition coefficient (Wildman–Crippen LogP) is 10.3. The second-order valence-electron chi connectivity index (χ2n) is 10.4. The standard InChI is InChI=1S/C20H16N.C15H14N.2ClH.Zr/c1-2-7-15-13-16(12-14(15)6-1)21-19-10-4-3-8-17(19)18-9-5-11-20(18)21;1-11-7-12(2)16(10-11)15-8-13-5-3-4-6-14(13)9-15;;;/h1-4,6-8,10,12-13H,5,9,11H2;3-10H,1-2H3;2*1H;/q2*-1;;;+4/p-2. The Bertz CT molecular complexity index is 1850. The van der Waals surface area contributed by atoms with E-state index in [2.05, 4.69) is 132 Å². The molecule has 0 saturated carbocycles. The zero-order chi connectivity index (χ0) is 27.6. The third kappa shape index (κ3) is 5.28. The van der Waals surface area contributed by atoms with Crippen molar-refractivity contribution >= 4 is 49.5 Å². The normalized spacial score (nSPS) is 12.1. The van der Waals surface area contributed by atoms with Crippen LogP contribution in [0.25, 0.3) is 43.8 Å². The molecule has 0 fully saturated rings. The number of benzene rings is 3. The number of aromatic nitrogens is 2. The van der Waals surface area contributed by atoms with Gasteiger partial charge in [0.05, 0.1) is 5.52 Å². The van der Waals surface area contributed by atoms with E-state index in [1.54, 1.807) is 5.56 Å². The molecule has 2 heterocycles. The van der Waals surface area contributed by atoms with Crippen LogP contribution in [0, 0.1) is 13.8 Å². The Kier molecular flexibility index (Phi) is 8.17. The molecule has 40 heavy (non-hydrogen) atoms. The number of hydrogen-bond acceptors (Lipinski definition) is 0. The van der Waals surface area contributed by atoms with Gasteiger partial charge in [-0.3, -0.25) is 0 Å². The average molecular weight is 641 g/mol. The molecule has 7 aromatic rings. The summed E-state index contributed by atoms with van der Waals surface area (Å²) in [5.74, 6) is 0. The van der Waals surface area contributed by atoms with Crippen molar-refractivity contribution in [3.63, 3.8) is 0 Å². The van der Waals surface area contributed by atoms with Crippen LogP contribution in [0.2, 0.25) is 0 Å². The third-order valence-corrected chi connectivity index (χ3v) is 7.82. The second-order valence-corrected chi connectivity index (χ2v) is 14.1. The summed E-state index contributed by atoms with van der Waals surface area (Å²) in [6, 6.07) is 37.3. The smallest absolute Gasteiger partial charge is 0.0516 e. The molecule has 0 N–H and O–H groups in total. The van der Waals surface area contributed by atoms with Crippen molar-refractivity contribution in [3.8, 4) is 11.4 Å². The van der Waals surface area contributed by atoms with Gasteiger partial charge in [0.1, 0.15) is 0 Å². The van der Waals surface area contributed by atoms with E-state index < -0.39 is 20.8 Å². The van der Waals surface area contributed by atoms with Crippen molar-refractivity contribution in [3.05, 3.63) is 132 Å². The van der Waals surface area contributed by atoms with E-state index in [-0.39, 0.29) is 0 Å². The predicted molar refractivity (Wildman–Crippen MR) is 168 cm³/mol. The summed E-state index contributed by atoms with van der Waals surface area (Å²) in [5.41, 5.74) is 9.61. The average Bonchev–Trinajstić information content (AvgIpc) is 3.77. The quantitative estimate of drug-likeness (QED) is 0.167. The first-order valence-electron chi connectivity index (χ1n) is 13.6. The molecule has 0 unspecified atom stereocenters. The Labute approximate surface area is 254 Å². The fourth-order valence-electron chi connectivity index (χ4n) is 6.19. The number of rotatable bonds is 2. The zero-order valence-electron chi connectivity index (χ0n) is 22.7. The third-order valence-electron chi connectivity index (χ3n) is 7.82. The van der Waals surface area contributed by atoms with Gasteiger partial charge in [0.2, 0.25) is 0 Å². The van der Waals surface area contributed by atoms with Crippen LogP contribution in [-0.4, -0.2) is 9.13 Å². The monoisotopic (exact) mass is 638 g/mol. The first-order valence-corrected chi connectivity index (χ1v) is 19.9. The molecule has 0 radical (unpaired) electrons. The van der Waals surface area contributed by atoms with Gasteiger partial charge in [-0.05, 0) is 67.7 Å². The topological polar surface area (TPSA) is 9.86 Å². The van der Waals surface area contributed by atoms with Crippen molar-refractivity contribution in [1.82, 2.24) is 9.13 Å². The Balaban J connectivity index is 0.000000136. The molecule has 0 spiro atoms. The van der Waals surface area contributed by atoms with E-state index in [1.165, 1.54) is 80.0 Å². The number of fused-ring (bicyclic) bond motifs is 5. The van der Waals surface area contributed by atoms with Gasteiger partial charge in [-0.15, -0.1) is 82.2 Å². The summed E-state index contributed by atoms with van der Waals surface area (Å²) in [4.78, 5) is 0. The summed E-state index contributed by atoms with van der Waals surface area (Å²) >= 11 is -0.826. The van der Waals surface area contributed by atoms with Crippen LogP contribution in [0.5, 0.6) is 0 Å². The van der Waals surface area contributed by atoms with Crippen molar-refractivity contribution in [2.45, 2.75) is 33.1 Å². The first-order chi connectivity index (χ1) is 19.6. The largest absolute Gasteiger partial charge is 0.332 e. The fraction of sp³-hybridized carbons (Fsp3) is 0.143. The molecular weight excluding hydrogens is 611 g/mol. The van der Waals surface area contributed by atoms with Gasteiger partial charge < -0.3 is 9.13 Å². The minimum Gasteiger partial charge on any atom is -0.332 e. The maximum absolute atomic E-state index is 4.93. The first kappa shape index (κ1) is 27.3. The van der Waals surface area contributed by atoms with Crippen LogP contribution in [0.15, 0.2) is 109 Å². The van der Waals surface area contributed by atoms with Gasteiger partial charge in [-0.25, -0.2) is 0 Å². The number of para-hydroxylation sites is 1. The molecule has 198 valence electrons. The van der Waals surface area contributed by atoms with Crippen LogP contribution in [-0.2, 0) is 33.7 Å². The van der Waals surface area contributed by atoms with Crippen LogP contribution in [0.4, 0.5) is 0 Å². The molecule has 1 aliphatic rings. The molecule has 5 heteroatoms. The van der Waals surface area contributed by atoms with E-state index in [0.717, 1.165) is 0 Å². The summed E-state index contributed by atoms with van der Waals surface area (Å²) in [6.45, 7) is 4.27.